The first-order valence-corrected chi connectivity index (χ1v) is 7.30. The molecule has 0 radical (unpaired) electrons. The Morgan fingerprint density at radius 2 is 1.78 bits per heavy atom. The first kappa shape index (κ1) is 14.7. The van der Waals surface area contributed by atoms with Gasteiger partial charge >= 0.3 is 0 Å². The van der Waals surface area contributed by atoms with E-state index in [1.165, 1.54) is 12.1 Å². The highest BCUT2D eigenvalue weighted by molar-refractivity contribution is 7.89. The van der Waals surface area contributed by atoms with Gasteiger partial charge in [-0.2, -0.15) is 4.72 Å². The van der Waals surface area contributed by atoms with E-state index in [1.807, 2.05) is 0 Å². The molecule has 0 aliphatic rings. The Morgan fingerprint density at radius 3 is 2.17 bits per heavy atom. The Kier molecular flexibility index (Phi) is 4.48. The maximum Gasteiger partial charge on any atom is 0.241 e. The van der Waals surface area contributed by atoms with Gasteiger partial charge in [-0.15, -0.1) is 0 Å². The fourth-order valence-electron chi connectivity index (χ4n) is 1.75. The molecule has 0 unspecified atom stereocenters. The van der Waals surface area contributed by atoms with E-state index in [-0.39, 0.29) is 10.7 Å². The third-order valence-electron chi connectivity index (χ3n) is 3.11. The van der Waals surface area contributed by atoms with Crippen molar-refractivity contribution in [3.63, 3.8) is 0 Å². The molecule has 0 fully saturated rings. The Balaban J connectivity index is 3.12. The van der Waals surface area contributed by atoms with Crippen molar-refractivity contribution >= 4 is 15.9 Å². The predicted molar refractivity (Wildman–Crippen MR) is 72.0 cm³/mol. The van der Waals surface area contributed by atoms with Gasteiger partial charge in [0.25, 0.3) is 0 Å². The molecule has 0 amide bonds. The molecule has 0 saturated carbocycles. The first-order chi connectivity index (χ1) is 8.38. The molecule has 4 N–H and O–H groups in total. The molecular weight excluding hydrogens is 250 g/mol. The molecule has 1 rings (SSSR count). The summed E-state index contributed by atoms with van der Waals surface area (Å²) in [7, 11) is -3.66. The van der Waals surface area contributed by atoms with Crippen LogP contribution in [0.1, 0.15) is 26.7 Å². The minimum Gasteiger partial charge on any atom is -0.386 e. The Bertz CT molecular complexity index is 507. The molecule has 0 heterocycles. The Labute approximate surface area is 108 Å². The Hall–Kier alpha value is -1.40. The minimum atomic E-state index is -3.66. The quantitative estimate of drug-likeness (QED) is 0.539. The standard InChI is InChI=1S/C12H19N3O2S/c1-3-12(4-2,11(13)14)15-18(16,17)10-8-6-5-7-9-10/h5-9,15H,3-4H2,1-2H3,(H3,13,14). The molecule has 6 heteroatoms. The van der Waals surface area contributed by atoms with E-state index in [1.54, 1.807) is 32.0 Å². The lowest BCUT2D eigenvalue weighted by Gasteiger charge is -2.31. The highest BCUT2D eigenvalue weighted by Crippen LogP contribution is 2.19. The topological polar surface area (TPSA) is 96.0 Å². The number of sulfonamides is 1. The molecule has 0 bridgehead atoms. The third-order valence-corrected chi connectivity index (χ3v) is 4.66. The highest BCUT2D eigenvalue weighted by atomic mass is 32.2. The number of hydrogen-bond acceptors (Lipinski definition) is 3. The summed E-state index contributed by atoms with van der Waals surface area (Å²) in [5, 5.41) is 7.59. The van der Waals surface area contributed by atoms with Gasteiger partial charge in [0.05, 0.1) is 10.4 Å². The predicted octanol–water partition coefficient (Wildman–Crippen LogP) is 1.46. The lowest BCUT2D eigenvalue weighted by Crippen LogP contribution is -2.56. The highest BCUT2D eigenvalue weighted by Gasteiger charge is 2.35. The molecule has 1 aromatic rings. The van der Waals surface area contributed by atoms with Gasteiger partial charge in [-0.1, -0.05) is 32.0 Å². The van der Waals surface area contributed by atoms with Crippen molar-refractivity contribution in [1.29, 1.82) is 5.41 Å². The van der Waals surface area contributed by atoms with E-state index in [9.17, 15) is 8.42 Å². The molecule has 100 valence electrons. The van der Waals surface area contributed by atoms with Crippen LogP contribution in [0.25, 0.3) is 0 Å². The second-order valence-corrected chi connectivity index (χ2v) is 5.80. The summed E-state index contributed by atoms with van der Waals surface area (Å²) >= 11 is 0. The molecule has 0 aliphatic carbocycles. The van der Waals surface area contributed by atoms with Crippen molar-refractivity contribution in [3.05, 3.63) is 30.3 Å². The van der Waals surface area contributed by atoms with Crippen molar-refractivity contribution in [2.75, 3.05) is 0 Å². The smallest absolute Gasteiger partial charge is 0.241 e. The average molecular weight is 269 g/mol. The average Bonchev–Trinajstić information content (AvgIpc) is 2.37. The largest absolute Gasteiger partial charge is 0.386 e. The lowest BCUT2D eigenvalue weighted by atomic mass is 9.93. The van der Waals surface area contributed by atoms with E-state index < -0.39 is 15.6 Å². The maximum absolute atomic E-state index is 12.2. The van der Waals surface area contributed by atoms with Crippen LogP contribution in [0.15, 0.2) is 35.2 Å². The van der Waals surface area contributed by atoms with Gasteiger partial charge in [0.1, 0.15) is 5.84 Å². The zero-order valence-corrected chi connectivity index (χ0v) is 11.4. The molecular formula is C12H19N3O2S. The third kappa shape index (κ3) is 2.88. The van der Waals surface area contributed by atoms with E-state index in [4.69, 9.17) is 11.1 Å². The molecule has 0 atom stereocenters. The summed E-state index contributed by atoms with van der Waals surface area (Å²) in [6.45, 7) is 3.61. The van der Waals surface area contributed by atoms with Crippen molar-refractivity contribution in [1.82, 2.24) is 4.72 Å². The molecule has 0 aromatic heterocycles. The molecule has 0 saturated heterocycles. The van der Waals surface area contributed by atoms with Crippen molar-refractivity contribution in [3.8, 4) is 0 Å². The zero-order valence-electron chi connectivity index (χ0n) is 10.6. The second kappa shape index (κ2) is 5.49. The van der Waals surface area contributed by atoms with Crippen molar-refractivity contribution in [2.24, 2.45) is 5.73 Å². The number of hydrogen-bond donors (Lipinski definition) is 3. The summed E-state index contributed by atoms with van der Waals surface area (Å²) in [6, 6.07) is 8.08. The van der Waals surface area contributed by atoms with Crippen LogP contribution < -0.4 is 10.5 Å². The second-order valence-electron chi connectivity index (χ2n) is 4.12. The van der Waals surface area contributed by atoms with E-state index >= 15 is 0 Å². The summed E-state index contributed by atoms with van der Waals surface area (Å²) in [5.74, 6) is -0.160. The number of amidine groups is 1. The van der Waals surface area contributed by atoms with Gasteiger partial charge in [-0.3, -0.25) is 5.41 Å². The van der Waals surface area contributed by atoms with E-state index in [0.29, 0.717) is 12.8 Å². The van der Waals surface area contributed by atoms with Crippen LogP contribution in [0.2, 0.25) is 0 Å². The molecule has 0 spiro atoms. The number of benzene rings is 1. The van der Waals surface area contributed by atoms with Crippen LogP contribution in [0.3, 0.4) is 0 Å². The fourth-order valence-corrected chi connectivity index (χ4v) is 3.29. The van der Waals surface area contributed by atoms with Crippen LogP contribution >= 0.6 is 0 Å². The molecule has 0 aliphatic heterocycles. The van der Waals surface area contributed by atoms with Crippen LogP contribution in [-0.2, 0) is 10.0 Å². The van der Waals surface area contributed by atoms with Crippen LogP contribution in [-0.4, -0.2) is 19.8 Å². The van der Waals surface area contributed by atoms with Gasteiger partial charge in [-0.05, 0) is 25.0 Å². The van der Waals surface area contributed by atoms with Gasteiger partial charge in [0.2, 0.25) is 10.0 Å². The first-order valence-electron chi connectivity index (χ1n) is 5.81. The number of rotatable bonds is 6. The zero-order chi connectivity index (χ0) is 13.8. The van der Waals surface area contributed by atoms with Crippen molar-refractivity contribution in [2.45, 2.75) is 37.1 Å². The van der Waals surface area contributed by atoms with Crippen LogP contribution in [0.4, 0.5) is 0 Å². The fraction of sp³-hybridized carbons (Fsp3) is 0.417. The lowest BCUT2D eigenvalue weighted by molar-refractivity contribution is 0.459. The minimum absolute atomic E-state index is 0.160. The summed E-state index contributed by atoms with van der Waals surface area (Å²) in [4.78, 5) is 0.178. The summed E-state index contributed by atoms with van der Waals surface area (Å²) in [6.07, 6.45) is 0.871. The SMILES string of the molecule is CCC(CC)(NS(=O)(=O)c1ccccc1)C(=N)N. The number of nitrogens with two attached hydrogens (primary N) is 1. The monoisotopic (exact) mass is 269 g/mol. The van der Waals surface area contributed by atoms with Gasteiger partial charge in [-0.25, -0.2) is 8.42 Å². The normalized spacial score (nSPS) is 12.3. The number of nitrogens with one attached hydrogen (secondary N) is 2. The summed E-state index contributed by atoms with van der Waals surface area (Å²) in [5.41, 5.74) is 4.53. The van der Waals surface area contributed by atoms with E-state index in [0.717, 1.165) is 0 Å². The van der Waals surface area contributed by atoms with Gasteiger partial charge in [0.15, 0.2) is 0 Å². The van der Waals surface area contributed by atoms with Crippen LogP contribution in [0, 0.1) is 5.41 Å². The van der Waals surface area contributed by atoms with E-state index in [2.05, 4.69) is 4.72 Å². The maximum atomic E-state index is 12.2. The van der Waals surface area contributed by atoms with Gasteiger partial charge in [0, 0.05) is 0 Å². The van der Waals surface area contributed by atoms with Crippen LogP contribution in [0.5, 0.6) is 0 Å². The summed E-state index contributed by atoms with van der Waals surface area (Å²) < 4.78 is 27.0. The van der Waals surface area contributed by atoms with Gasteiger partial charge < -0.3 is 5.73 Å². The molecule has 18 heavy (non-hydrogen) atoms. The Morgan fingerprint density at radius 1 is 1.28 bits per heavy atom. The molecule has 5 nitrogen and oxygen atoms in total. The molecule has 1 aromatic carbocycles. The van der Waals surface area contributed by atoms with Crippen molar-refractivity contribution < 1.29 is 8.42 Å².